The highest BCUT2D eigenvalue weighted by Gasteiger charge is 2.48. The second-order valence-corrected chi connectivity index (χ2v) is 9.27. The van der Waals surface area contributed by atoms with Crippen molar-refractivity contribution >= 4 is 22.9 Å². The zero-order valence-corrected chi connectivity index (χ0v) is 19.7. The highest BCUT2D eigenvalue weighted by molar-refractivity contribution is 8.17. The molecule has 1 saturated carbocycles. The van der Waals surface area contributed by atoms with Crippen LogP contribution in [0.4, 0.5) is 0 Å². The summed E-state index contributed by atoms with van der Waals surface area (Å²) in [5, 5.41) is 14.3. The van der Waals surface area contributed by atoms with Gasteiger partial charge in [-0.2, -0.15) is 0 Å². The molecule has 0 spiro atoms. The first-order chi connectivity index (χ1) is 15.5. The van der Waals surface area contributed by atoms with Crippen molar-refractivity contribution < 1.29 is 19.4 Å². The molecule has 1 unspecified atom stereocenters. The fourth-order valence-corrected chi connectivity index (χ4v) is 5.22. The molecule has 0 saturated heterocycles. The van der Waals surface area contributed by atoms with Gasteiger partial charge in [0, 0.05) is 13.0 Å². The molecule has 8 nitrogen and oxygen atoms in total. The summed E-state index contributed by atoms with van der Waals surface area (Å²) in [7, 11) is 3.48. The van der Waals surface area contributed by atoms with E-state index in [0.717, 1.165) is 55.2 Å². The van der Waals surface area contributed by atoms with Gasteiger partial charge in [-0.15, -0.1) is 0 Å². The fourth-order valence-electron chi connectivity index (χ4n) is 4.49. The summed E-state index contributed by atoms with van der Waals surface area (Å²) in [4.78, 5) is 17.5. The Balaban J connectivity index is 1.78. The van der Waals surface area contributed by atoms with Crippen molar-refractivity contribution in [1.82, 2.24) is 10.7 Å². The maximum Gasteiger partial charge on any atom is 0.349 e. The Bertz CT molecular complexity index is 837. The molecule has 1 aromatic carbocycles. The smallest absolute Gasteiger partial charge is 0.349 e. The molecule has 1 aliphatic carbocycles. The minimum Gasteiger partial charge on any atom is -0.511 e. The molecule has 0 radical (unpaired) electrons. The van der Waals surface area contributed by atoms with Gasteiger partial charge >= 0.3 is 5.97 Å². The Morgan fingerprint density at radius 2 is 2.06 bits per heavy atom. The summed E-state index contributed by atoms with van der Waals surface area (Å²) in [6.45, 7) is 1.18. The molecule has 1 aromatic rings. The third kappa shape index (κ3) is 5.96. The van der Waals surface area contributed by atoms with Crippen LogP contribution in [0.2, 0.25) is 0 Å². The number of nitrogens with zero attached hydrogens (tertiary/aromatic N) is 1. The SMILES string of the molecule is CNCCN=C(NN)SC1=C(O)CC(CCc2ccc(OC)cc2)(C2CCCC2)OC1=O. The first-order valence-electron chi connectivity index (χ1n) is 11.1. The summed E-state index contributed by atoms with van der Waals surface area (Å²) < 4.78 is 11.4. The Morgan fingerprint density at radius 1 is 1.34 bits per heavy atom. The molecule has 176 valence electrons. The molecule has 5 N–H and O–H groups in total. The number of aliphatic hydroxyl groups excluding tert-OH is 1. The van der Waals surface area contributed by atoms with Gasteiger partial charge in [0.05, 0.1) is 13.7 Å². The molecule has 0 aromatic heterocycles. The van der Waals surface area contributed by atoms with Crippen molar-refractivity contribution in [3.8, 4) is 5.75 Å². The first kappa shape index (κ1) is 24.4. The number of amidine groups is 1. The van der Waals surface area contributed by atoms with Crippen molar-refractivity contribution in [3.05, 3.63) is 40.5 Å². The number of ether oxygens (including phenoxy) is 2. The fraction of sp³-hybridized carbons (Fsp3) is 0.565. The summed E-state index contributed by atoms with van der Waals surface area (Å²) in [6.07, 6.45) is 5.99. The Labute approximate surface area is 194 Å². The lowest BCUT2D eigenvalue weighted by atomic mass is 9.77. The lowest BCUT2D eigenvalue weighted by molar-refractivity contribution is -0.166. The molecular weight excluding hydrogens is 428 g/mol. The molecule has 9 heteroatoms. The van der Waals surface area contributed by atoms with Gasteiger partial charge in [-0.05, 0) is 68.1 Å². The van der Waals surface area contributed by atoms with Crippen molar-refractivity contribution in [1.29, 1.82) is 0 Å². The van der Waals surface area contributed by atoms with Crippen LogP contribution >= 0.6 is 11.8 Å². The van der Waals surface area contributed by atoms with E-state index in [1.165, 1.54) is 0 Å². The number of methoxy groups -OCH3 is 1. The van der Waals surface area contributed by atoms with Gasteiger partial charge < -0.3 is 25.3 Å². The van der Waals surface area contributed by atoms with Crippen LogP contribution in [0.1, 0.15) is 44.1 Å². The number of aliphatic imine (C=N–C) groups is 1. The topological polar surface area (TPSA) is 118 Å². The zero-order chi connectivity index (χ0) is 23.0. The van der Waals surface area contributed by atoms with Gasteiger partial charge in [0.25, 0.3) is 0 Å². The highest BCUT2D eigenvalue weighted by Crippen LogP contribution is 2.47. The zero-order valence-electron chi connectivity index (χ0n) is 18.9. The molecule has 1 aliphatic heterocycles. The van der Waals surface area contributed by atoms with Crippen molar-refractivity contribution in [2.24, 2.45) is 16.8 Å². The number of thioether (sulfide) groups is 1. The van der Waals surface area contributed by atoms with Gasteiger partial charge in [-0.1, -0.05) is 25.0 Å². The molecular formula is C23H34N4O4S. The van der Waals surface area contributed by atoms with Crippen LogP contribution in [0.5, 0.6) is 5.75 Å². The number of hydrogen-bond donors (Lipinski definition) is 4. The predicted octanol–water partition coefficient (Wildman–Crippen LogP) is 3.05. The maximum absolute atomic E-state index is 13.0. The van der Waals surface area contributed by atoms with E-state index in [2.05, 4.69) is 15.7 Å². The average molecular weight is 463 g/mol. The standard InChI is InChI=1S/C23H34N4O4S/c1-25-13-14-26-22(27-24)32-20-19(28)15-23(31-21(20)29,17-5-3-4-6-17)12-11-16-7-9-18(30-2)10-8-16/h7-10,17,25,28H,3-6,11-15,24H2,1-2H3,(H,26,27). The molecule has 3 rings (SSSR count). The van der Waals surface area contributed by atoms with Gasteiger partial charge in [0.15, 0.2) is 5.17 Å². The van der Waals surface area contributed by atoms with Crippen LogP contribution in [0, 0.1) is 5.92 Å². The molecule has 0 amide bonds. The average Bonchev–Trinajstić information content (AvgIpc) is 3.35. The van der Waals surface area contributed by atoms with Crippen LogP contribution in [-0.4, -0.2) is 49.1 Å². The largest absolute Gasteiger partial charge is 0.511 e. The van der Waals surface area contributed by atoms with E-state index in [-0.39, 0.29) is 16.6 Å². The number of hydrazine groups is 1. The van der Waals surface area contributed by atoms with Gasteiger partial charge in [-0.25, -0.2) is 10.6 Å². The van der Waals surface area contributed by atoms with Crippen molar-refractivity contribution in [2.75, 3.05) is 27.2 Å². The quantitative estimate of drug-likeness (QED) is 0.110. The van der Waals surface area contributed by atoms with E-state index in [9.17, 15) is 9.90 Å². The van der Waals surface area contributed by atoms with E-state index in [1.807, 2.05) is 31.3 Å². The first-order valence-corrected chi connectivity index (χ1v) is 11.9. The van der Waals surface area contributed by atoms with E-state index in [4.69, 9.17) is 15.3 Å². The monoisotopic (exact) mass is 462 g/mol. The number of esters is 1. The number of carbonyl (C=O) groups is 1. The number of aryl methyl sites for hydroxylation is 1. The summed E-state index contributed by atoms with van der Waals surface area (Å²) in [5.41, 5.74) is 2.96. The second-order valence-electron chi connectivity index (χ2n) is 8.27. The lowest BCUT2D eigenvalue weighted by Crippen LogP contribution is -2.46. The summed E-state index contributed by atoms with van der Waals surface area (Å²) in [5.74, 6) is 6.17. The number of cyclic esters (lactones) is 1. The minimum absolute atomic E-state index is 0.0597. The second kappa shape index (κ2) is 11.6. The molecule has 1 fully saturated rings. The van der Waals surface area contributed by atoms with Crippen molar-refractivity contribution in [3.63, 3.8) is 0 Å². The predicted molar refractivity (Wildman–Crippen MR) is 128 cm³/mol. The third-order valence-corrected chi connectivity index (χ3v) is 7.29. The summed E-state index contributed by atoms with van der Waals surface area (Å²) in [6, 6.07) is 7.93. The van der Waals surface area contributed by atoms with E-state index in [1.54, 1.807) is 7.11 Å². The van der Waals surface area contributed by atoms with Crippen LogP contribution < -0.4 is 21.3 Å². The van der Waals surface area contributed by atoms with Crippen LogP contribution in [-0.2, 0) is 16.0 Å². The van der Waals surface area contributed by atoms with E-state index >= 15 is 0 Å². The summed E-state index contributed by atoms with van der Waals surface area (Å²) >= 11 is 1.02. The number of nitrogens with two attached hydrogens (primary N) is 1. The van der Waals surface area contributed by atoms with Crippen LogP contribution in [0.25, 0.3) is 0 Å². The Morgan fingerprint density at radius 3 is 2.66 bits per heavy atom. The van der Waals surface area contributed by atoms with Gasteiger partial charge in [-0.3, -0.25) is 4.99 Å². The van der Waals surface area contributed by atoms with Crippen LogP contribution in [0.15, 0.2) is 39.9 Å². The van der Waals surface area contributed by atoms with Gasteiger partial charge in [0.1, 0.15) is 22.0 Å². The molecule has 1 heterocycles. The Kier molecular flexibility index (Phi) is 8.84. The van der Waals surface area contributed by atoms with Crippen LogP contribution in [0.3, 0.4) is 0 Å². The number of benzene rings is 1. The van der Waals surface area contributed by atoms with E-state index < -0.39 is 11.6 Å². The maximum atomic E-state index is 13.0. The number of aliphatic hydroxyl groups is 1. The number of carbonyl (C=O) groups excluding carboxylic acids is 1. The molecule has 0 bridgehead atoms. The normalized spacial score (nSPS) is 22.2. The van der Waals surface area contributed by atoms with E-state index in [0.29, 0.717) is 31.1 Å². The minimum atomic E-state index is -0.693. The number of nitrogens with one attached hydrogen (secondary N) is 2. The molecule has 2 aliphatic rings. The number of rotatable bonds is 9. The third-order valence-electron chi connectivity index (χ3n) is 6.24. The molecule has 1 atom stereocenters. The van der Waals surface area contributed by atoms with Crippen molar-refractivity contribution in [2.45, 2.75) is 50.5 Å². The molecule has 32 heavy (non-hydrogen) atoms. The lowest BCUT2D eigenvalue weighted by Gasteiger charge is -2.41. The van der Waals surface area contributed by atoms with Gasteiger partial charge in [0.2, 0.25) is 0 Å². The highest BCUT2D eigenvalue weighted by atomic mass is 32.2. The number of likely N-dealkylation sites (N-methyl/N-ethyl adjacent to an activating group) is 1. The number of hydrogen-bond acceptors (Lipinski definition) is 8. The Hall–Kier alpha value is -2.23.